The number of hydrogen-bond donors (Lipinski definition) is 1. The highest BCUT2D eigenvalue weighted by molar-refractivity contribution is 5.76. The number of aryl methyl sites for hydroxylation is 1. The van der Waals surface area contributed by atoms with E-state index in [-0.39, 0.29) is 5.56 Å². The molecule has 4 aromatic rings. The summed E-state index contributed by atoms with van der Waals surface area (Å²) in [5.74, 6) is 1.02. The molecule has 0 saturated heterocycles. The Labute approximate surface area is 150 Å². The summed E-state index contributed by atoms with van der Waals surface area (Å²) in [6, 6.07) is 17.4. The van der Waals surface area contributed by atoms with Crippen molar-refractivity contribution in [2.24, 2.45) is 0 Å². The molecule has 2 aromatic carbocycles. The Morgan fingerprint density at radius 2 is 1.81 bits per heavy atom. The van der Waals surface area contributed by atoms with Crippen LogP contribution in [0.25, 0.3) is 16.7 Å². The lowest BCUT2D eigenvalue weighted by molar-refractivity contribution is 0.752. The van der Waals surface area contributed by atoms with Gasteiger partial charge in [-0.15, -0.1) is 10.2 Å². The Hall–Kier alpha value is -3.48. The molecule has 0 bridgehead atoms. The van der Waals surface area contributed by atoms with Crippen molar-refractivity contribution in [2.45, 2.75) is 20.0 Å². The van der Waals surface area contributed by atoms with E-state index in [1.807, 2.05) is 66.1 Å². The van der Waals surface area contributed by atoms with Gasteiger partial charge in [-0.2, -0.15) is 0 Å². The second-order valence-corrected chi connectivity index (χ2v) is 5.80. The zero-order valence-electron chi connectivity index (χ0n) is 14.3. The van der Waals surface area contributed by atoms with E-state index in [1.54, 1.807) is 10.9 Å². The van der Waals surface area contributed by atoms with Crippen LogP contribution in [-0.4, -0.2) is 24.3 Å². The maximum Gasteiger partial charge on any atom is 0.293 e. The number of hydrogen-bond acceptors (Lipinski definition) is 5. The van der Waals surface area contributed by atoms with Gasteiger partial charge in [-0.05, 0) is 31.2 Å². The Kier molecular flexibility index (Phi) is 4.18. The molecule has 0 spiro atoms. The van der Waals surface area contributed by atoms with E-state index in [0.29, 0.717) is 24.7 Å². The van der Waals surface area contributed by atoms with Gasteiger partial charge in [-0.3, -0.25) is 9.36 Å². The van der Waals surface area contributed by atoms with Crippen LogP contribution >= 0.6 is 0 Å². The van der Waals surface area contributed by atoms with E-state index in [1.165, 1.54) is 0 Å². The molecule has 0 aliphatic heterocycles. The number of para-hydroxylation sites is 3. The molecule has 130 valence electrons. The van der Waals surface area contributed by atoms with E-state index >= 15 is 0 Å². The molecular formula is C19H18N6O. The Morgan fingerprint density at radius 3 is 2.62 bits per heavy atom. The highest BCUT2D eigenvalue weighted by Crippen LogP contribution is 2.13. The van der Waals surface area contributed by atoms with Crippen molar-refractivity contribution in [3.8, 4) is 5.69 Å². The lowest BCUT2D eigenvalue weighted by atomic mass is 10.3. The third-order valence-corrected chi connectivity index (χ3v) is 4.24. The number of aromatic nitrogens is 5. The fraction of sp³-hybridized carbons (Fsp3) is 0.158. The molecule has 26 heavy (non-hydrogen) atoms. The number of nitrogens with one attached hydrogen (secondary N) is 1. The Morgan fingerprint density at radius 1 is 1.04 bits per heavy atom. The third-order valence-electron chi connectivity index (χ3n) is 4.24. The minimum absolute atomic E-state index is 0.142. The van der Waals surface area contributed by atoms with Crippen molar-refractivity contribution < 1.29 is 0 Å². The molecule has 0 amide bonds. The average molecular weight is 346 g/mol. The third kappa shape index (κ3) is 2.83. The summed E-state index contributed by atoms with van der Waals surface area (Å²) in [6.45, 7) is 2.87. The quantitative estimate of drug-likeness (QED) is 0.601. The first kappa shape index (κ1) is 16.0. The highest BCUT2D eigenvalue weighted by Gasteiger charge is 2.11. The van der Waals surface area contributed by atoms with Crippen molar-refractivity contribution >= 4 is 16.9 Å². The molecule has 7 heteroatoms. The predicted molar refractivity (Wildman–Crippen MR) is 100 cm³/mol. The minimum Gasteiger partial charge on any atom is -0.358 e. The fourth-order valence-electron chi connectivity index (χ4n) is 2.97. The fourth-order valence-corrected chi connectivity index (χ4v) is 2.97. The number of benzene rings is 2. The largest absolute Gasteiger partial charge is 0.358 e. The molecule has 4 rings (SSSR count). The van der Waals surface area contributed by atoms with Crippen LogP contribution in [0.5, 0.6) is 0 Å². The molecule has 0 aliphatic carbocycles. The maximum atomic E-state index is 12.7. The van der Waals surface area contributed by atoms with Gasteiger partial charge in [0.15, 0.2) is 11.6 Å². The van der Waals surface area contributed by atoms with Crippen LogP contribution in [0.3, 0.4) is 0 Å². The second-order valence-electron chi connectivity index (χ2n) is 5.80. The molecule has 0 unspecified atom stereocenters. The molecule has 2 aromatic heterocycles. The topological polar surface area (TPSA) is 77.6 Å². The number of nitrogens with zero attached hydrogens (tertiary/aromatic N) is 5. The predicted octanol–water partition coefficient (Wildman–Crippen LogP) is 2.61. The first-order valence-corrected chi connectivity index (χ1v) is 8.45. The Balaban J connectivity index is 1.67. The SMILES string of the molecule is CCn1c(=O)c(NCc2nncn2-c2ccccc2)nc2ccccc21. The number of anilines is 1. The molecule has 2 heterocycles. The number of rotatable bonds is 5. The summed E-state index contributed by atoms with van der Waals surface area (Å²) in [5.41, 5.74) is 2.43. The Bertz CT molecular complexity index is 1100. The van der Waals surface area contributed by atoms with E-state index < -0.39 is 0 Å². The minimum atomic E-state index is -0.142. The van der Waals surface area contributed by atoms with Crippen LogP contribution < -0.4 is 10.9 Å². The first-order valence-electron chi connectivity index (χ1n) is 8.45. The van der Waals surface area contributed by atoms with Gasteiger partial charge in [0.25, 0.3) is 5.56 Å². The molecule has 0 aliphatic rings. The van der Waals surface area contributed by atoms with Crippen LogP contribution in [-0.2, 0) is 13.1 Å². The van der Waals surface area contributed by atoms with Crippen LogP contribution in [0.2, 0.25) is 0 Å². The lowest BCUT2D eigenvalue weighted by Gasteiger charge is -2.12. The van der Waals surface area contributed by atoms with Gasteiger partial charge >= 0.3 is 0 Å². The zero-order chi connectivity index (χ0) is 17.9. The van der Waals surface area contributed by atoms with E-state index in [4.69, 9.17) is 0 Å². The molecule has 0 radical (unpaired) electrons. The van der Waals surface area contributed by atoms with Crippen LogP contribution in [0.4, 0.5) is 5.82 Å². The van der Waals surface area contributed by atoms with E-state index in [9.17, 15) is 4.79 Å². The summed E-state index contributed by atoms with van der Waals surface area (Å²) >= 11 is 0. The van der Waals surface area contributed by atoms with Gasteiger partial charge in [-0.1, -0.05) is 30.3 Å². The smallest absolute Gasteiger partial charge is 0.293 e. The van der Waals surface area contributed by atoms with Crippen LogP contribution in [0.1, 0.15) is 12.7 Å². The van der Waals surface area contributed by atoms with Crippen molar-refractivity contribution in [3.05, 3.63) is 77.1 Å². The van der Waals surface area contributed by atoms with Gasteiger partial charge in [0.2, 0.25) is 0 Å². The average Bonchev–Trinajstić information content (AvgIpc) is 3.16. The van der Waals surface area contributed by atoms with E-state index in [0.717, 1.165) is 16.7 Å². The monoisotopic (exact) mass is 346 g/mol. The van der Waals surface area contributed by atoms with Crippen LogP contribution in [0, 0.1) is 0 Å². The van der Waals surface area contributed by atoms with Crippen molar-refractivity contribution in [2.75, 3.05) is 5.32 Å². The molecule has 7 nitrogen and oxygen atoms in total. The van der Waals surface area contributed by atoms with Crippen LogP contribution in [0.15, 0.2) is 65.7 Å². The van der Waals surface area contributed by atoms with Crippen molar-refractivity contribution in [3.63, 3.8) is 0 Å². The van der Waals surface area contributed by atoms with Crippen molar-refractivity contribution in [1.29, 1.82) is 0 Å². The first-order chi connectivity index (χ1) is 12.8. The van der Waals surface area contributed by atoms with Gasteiger partial charge in [0, 0.05) is 12.2 Å². The molecule has 0 fully saturated rings. The van der Waals surface area contributed by atoms with Gasteiger partial charge in [0.05, 0.1) is 17.6 Å². The van der Waals surface area contributed by atoms with Gasteiger partial charge in [0.1, 0.15) is 6.33 Å². The normalized spacial score (nSPS) is 11.0. The summed E-state index contributed by atoms with van der Waals surface area (Å²) in [4.78, 5) is 17.2. The molecule has 1 N–H and O–H groups in total. The number of fused-ring (bicyclic) bond motifs is 1. The molecule has 0 saturated carbocycles. The van der Waals surface area contributed by atoms with Crippen molar-refractivity contribution in [1.82, 2.24) is 24.3 Å². The summed E-state index contributed by atoms with van der Waals surface area (Å²) in [5, 5.41) is 11.3. The zero-order valence-corrected chi connectivity index (χ0v) is 14.3. The standard InChI is InChI=1S/C19H18N6O/c1-2-24-16-11-7-6-10-15(16)22-18(19(24)26)20-12-17-23-21-13-25(17)14-8-4-3-5-9-14/h3-11,13H,2,12H2,1H3,(H,20,22). The lowest BCUT2D eigenvalue weighted by Crippen LogP contribution is -2.25. The second kappa shape index (κ2) is 6.79. The summed E-state index contributed by atoms with van der Waals surface area (Å²) < 4.78 is 3.60. The summed E-state index contributed by atoms with van der Waals surface area (Å²) in [6.07, 6.45) is 1.66. The van der Waals surface area contributed by atoms with Gasteiger partial charge < -0.3 is 9.88 Å². The van der Waals surface area contributed by atoms with Gasteiger partial charge in [-0.25, -0.2) is 4.98 Å². The van der Waals surface area contributed by atoms with E-state index in [2.05, 4.69) is 20.5 Å². The summed E-state index contributed by atoms with van der Waals surface area (Å²) in [7, 11) is 0. The highest BCUT2D eigenvalue weighted by atomic mass is 16.1. The maximum absolute atomic E-state index is 12.7. The molecular weight excluding hydrogens is 328 g/mol. The molecule has 0 atom stereocenters.